The first-order chi connectivity index (χ1) is 8.78. The van der Waals surface area contributed by atoms with E-state index in [0.29, 0.717) is 16.5 Å². The zero-order valence-corrected chi connectivity index (χ0v) is 11.6. The molecule has 1 aliphatic rings. The summed E-state index contributed by atoms with van der Waals surface area (Å²) >= 11 is 7.85. The molecule has 2 heterocycles. The molecule has 4 nitrogen and oxygen atoms in total. The highest BCUT2D eigenvalue weighted by molar-refractivity contribution is 7.99. The second-order valence-corrected chi connectivity index (χ2v) is 5.67. The molecule has 0 aliphatic carbocycles. The summed E-state index contributed by atoms with van der Waals surface area (Å²) in [6.45, 7) is 4.12. The number of pyridine rings is 1. The van der Waals surface area contributed by atoms with Crippen LogP contribution in [0.5, 0.6) is 0 Å². The number of halogens is 1. The van der Waals surface area contributed by atoms with Gasteiger partial charge in [0.15, 0.2) is 0 Å². The molecule has 0 saturated carbocycles. The molecule has 0 bridgehead atoms. The van der Waals surface area contributed by atoms with Crippen molar-refractivity contribution >= 4 is 29.2 Å². The molecule has 1 aromatic heterocycles. The molecule has 96 valence electrons. The van der Waals surface area contributed by atoms with Gasteiger partial charge in [-0.15, -0.1) is 0 Å². The minimum atomic E-state index is 0.353. The number of rotatable bonds is 4. The highest BCUT2D eigenvalue weighted by Gasteiger charge is 2.09. The minimum absolute atomic E-state index is 0.353. The lowest BCUT2D eigenvalue weighted by Gasteiger charge is -2.26. The van der Waals surface area contributed by atoms with Crippen LogP contribution in [0.4, 0.5) is 5.82 Å². The molecule has 1 N–H and O–H groups in total. The maximum absolute atomic E-state index is 8.84. The molecular formula is C12H15ClN4S. The van der Waals surface area contributed by atoms with Gasteiger partial charge in [-0.2, -0.15) is 17.0 Å². The molecular weight excluding hydrogens is 268 g/mol. The van der Waals surface area contributed by atoms with Crippen LogP contribution in [0.15, 0.2) is 12.1 Å². The molecule has 0 spiro atoms. The number of nitrogens with one attached hydrogen (secondary N) is 1. The maximum atomic E-state index is 8.84. The van der Waals surface area contributed by atoms with E-state index in [1.165, 1.54) is 11.5 Å². The first kappa shape index (κ1) is 13.5. The van der Waals surface area contributed by atoms with Gasteiger partial charge in [0.2, 0.25) is 0 Å². The van der Waals surface area contributed by atoms with Crippen LogP contribution < -0.4 is 5.32 Å². The summed E-state index contributed by atoms with van der Waals surface area (Å²) in [4.78, 5) is 6.57. The number of nitriles is 1. The average molecular weight is 283 g/mol. The Balaban J connectivity index is 1.82. The van der Waals surface area contributed by atoms with Crippen molar-refractivity contribution in [1.82, 2.24) is 9.88 Å². The summed E-state index contributed by atoms with van der Waals surface area (Å²) in [5.74, 6) is 3.10. The van der Waals surface area contributed by atoms with Gasteiger partial charge in [0.1, 0.15) is 11.0 Å². The van der Waals surface area contributed by atoms with Crippen molar-refractivity contribution in [2.75, 3.05) is 43.0 Å². The van der Waals surface area contributed by atoms with Gasteiger partial charge in [0.25, 0.3) is 0 Å². The Hall–Kier alpha value is -0.960. The summed E-state index contributed by atoms with van der Waals surface area (Å²) in [6.07, 6.45) is 0. The number of anilines is 1. The Morgan fingerprint density at radius 1 is 1.44 bits per heavy atom. The number of nitrogens with zero attached hydrogens (tertiary/aromatic N) is 3. The topological polar surface area (TPSA) is 52.0 Å². The molecule has 0 aromatic carbocycles. The van der Waals surface area contributed by atoms with Gasteiger partial charge < -0.3 is 5.32 Å². The molecule has 0 amide bonds. The first-order valence-electron chi connectivity index (χ1n) is 5.89. The third-order valence-electron chi connectivity index (χ3n) is 2.76. The summed E-state index contributed by atoms with van der Waals surface area (Å²) in [5, 5.41) is 12.4. The summed E-state index contributed by atoms with van der Waals surface area (Å²) in [5.41, 5.74) is 0.534. The highest BCUT2D eigenvalue weighted by atomic mass is 35.5. The van der Waals surface area contributed by atoms with E-state index in [0.717, 1.165) is 26.2 Å². The smallest absolute Gasteiger partial charge is 0.132 e. The van der Waals surface area contributed by atoms with E-state index in [1.54, 1.807) is 12.1 Å². The Bertz CT molecular complexity index is 440. The van der Waals surface area contributed by atoms with Crippen LogP contribution >= 0.6 is 23.4 Å². The van der Waals surface area contributed by atoms with Gasteiger partial charge in [-0.25, -0.2) is 4.98 Å². The second-order valence-electron chi connectivity index (χ2n) is 4.06. The van der Waals surface area contributed by atoms with Gasteiger partial charge in [-0.05, 0) is 12.1 Å². The SMILES string of the molecule is N#Cc1cc(Cl)nc(NCCN2CCSCC2)c1. The van der Waals surface area contributed by atoms with Crippen molar-refractivity contribution < 1.29 is 0 Å². The molecule has 0 unspecified atom stereocenters. The molecule has 6 heteroatoms. The third-order valence-corrected chi connectivity index (χ3v) is 3.90. The Morgan fingerprint density at radius 3 is 2.94 bits per heavy atom. The van der Waals surface area contributed by atoms with Crippen LogP contribution in [0.3, 0.4) is 0 Å². The van der Waals surface area contributed by atoms with Crippen molar-refractivity contribution in [2.24, 2.45) is 0 Å². The maximum Gasteiger partial charge on any atom is 0.132 e. The summed E-state index contributed by atoms with van der Waals surface area (Å²) < 4.78 is 0. The van der Waals surface area contributed by atoms with Crippen molar-refractivity contribution in [3.63, 3.8) is 0 Å². The van der Waals surface area contributed by atoms with Crippen LogP contribution in [0.25, 0.3) is 0 Å². The molecule has 18 heavy (non-hydrogen) atoms. The van der Waals surface area contributed by atoms with Crippen molar-refractivity contribution in [3.8, 4) is 6.07 Å². The first-order valence-corrected chi connectivity index (χ1v) is 7.43. The third kappa shape index (κ3) is 4.05. The fourth-order valence-corrected chi connectivity index (χ4v) is 3.01. The van der Waals surface area contributed by atoms with E-state index >= 15 is 0 Å². The Kier molecular flexibility index (Phi) is 5.12. The van der Waals surface area contributed by atoms with Crippen molar-refractivity contribution in [1.29, 1.82) is 5.26 Å². The predicted molar refractivity (Wildman–Crippen MR) is 76.2 cm³/mol. The largest absolute Gasteiger partial charge is 0.369 e. The van der Waals surface area contributed by atoms with Crippen LogP contribution in [0, 0.1) is 11.3 Å². The zero-order chi connectivity index (χ0) is 12.8. The van der Waals surface area contributed by atoms with Gasteiger partial charge in [-0.3, -0.25) is 4.90 Å². The van der Waals surface area contributed by atoms with Gasteiger partial charge in [0, 0.05) is 37.7 Å². The lowest BCUT2D eigenvalue weighted by molar-refractivity contribution is 0.314. The Morgan fingerprint density at radius 2 is 2.22 bits per heavy atom. The van der Waals surface area contributed by atoms with Gasteiger partial charge >= 0.3 is 0 Å². The summed E-state index contributed by atoms with van der Waals surface area (Å²) in [6, 6.07) is 5.35. The zero-order valence-electron chi connectivity index (χ0n) is 10.0. The average Bonchev–Trinajstić information content (AvgIpc) is 2.39. The Labute approximate surface area is 116 Å². The molecule has 2 rings (SSSR count). The summed E-state index contributed by atoms with van der Waals surface area (Å²) in [7, 11) is 0. The number of hydrogen-bond donors (Lipinski definition) is 1. The number of hydrogen-bond acceptors (Lipinski definition) is 5. The normalized spacial score (nSPS) is 16.2. The fourth-order valence-electron chi connectivity index (χ4n) is 1.82. The molecule has 1 fully saturated rings. The van der Waals surface area contributed by atoms with E-state index in [1.807, 2.05) is 11.8 Å². The van der Waals surface area contributed by atoms with E-state index in [4.69, 9.17) is 16.9 Å². The van der Waals surface area contributed by atoms with E-state index < -0.39 is 0 Å². The molecule has 1 aliphatic heterocycles. The van der Waals surface area contributed by atoms with Crippen LogP contribution in [-0.2, 0) is 0 Å². The van der Waals surface area contributed by atoms with Crippen molar-refractivity contribution in [3.05, 3.63) is 22.8 Å². The number of aromatic nitrogens is 1. The molecule has 0 atom stereocenters. The molecule has 1 aromatic rings. The molecule has 1 saturated heterocycles. The van der Waals surface area contributed by atoms with Crippen LogP contribution in [0.1, 0.15) is 5.56 Å². The van der Waals surface area contributed by atoms with E-state index in [-0.39, 0.29) is 0 Å². The molecule has 0 radical (unpaired) electrons. The second kappa shape index (κ2) is 6.83. The quantitative estimate of drug-likeness (QED) is 0.857. The lowest BCUT2D eigenvalue weighted by atomic mass is 10.3. The number of thioether (sulfide) groups is 1. The van der Waals surface area contributed by atoms with Crippen LogP contribution in [0.2, 0.25) is 5.15 Å². The monoisotopic (exact) mass is 282 g/mol. The van der Waals surface area contributed by atoms with Gasteiger partial charge in [-0.1, -0.05) is 11.6 Å². The van der Waals surface area contributed by atoms with Crippen LogP contribution in [-0.4, -0.2) is 47.6 Å². The predicted octanol–water partition coefficient (Wildman–Crippen LogP) is 2.07. The highest BCUT2D eigenvalue weighted by Crippen LogP contribution is 2.14. The standard InChI is InChI=1S/C12H15ClN4S/c13-11-7-10(9-14)8-12(16-11)15-1-2-17-3-5-18-6-4-17/h7-8H,1-6H2,(H,15,16). The van der Waals surface area contributed by atoms with E-state index in [9.17, 15) is 0 Å². The minimum Gasteiger partial charge on any atom is -0.369 e. The fraction of sp³-hybridized carbons (Fsp3) is 0.500. The van der Waals surface area contributed by atoms with Gasteiger partial charge in [0.05, 0.1) is 11.6 Å². The lowest BCUT2D eigenvalue weighted by Crippen LogP contribution is -2.36. The van der Waals surface area contributed by atoms with Crippen molar-refractivity contribution in [2.45, 2.75) is 0 Å². The van der Waals surface area contributed by atoms with E-state index in [2.05, 4.69) is 21.3 Å².